The topological polar surface area (TPSA) is 80.1 Å². The largest absolute Gasteiger partial charge is 0.507 e. The molecular formula is C15H14FN3O3. The molecule has 0 saturated heterocycles. The third kappa shape index (κ3) is 2.41. The molecule has 0 amide bonds. The highest BCUT2D eigenvalue weighted by molar-refractivity contribution is 5.88. The minimum Gasteiger partial charge on any atom is -0.507 e. The van der Waals surface area contributed by atoms with Gasteiger partial charge in [-0.15, -0.1) is 5.10 Å². The lowest BCUT2D eigenvalue weighted by Crippen LogP contribution is -2.06. The molecule has 7 heteroatoms. The fourth-order valence-corrected chi connectivity index (χ4v) is 2.17. The minimum atomic E-state index is -0.468. The highest BCUT2D eigenvalue weighted by Gasteiger charge is 2.19. The first kappa shape index (κ1) is 14.1. The normalized spacial score (nSPS) is 11.3. The summed E-state index contributed by atoms with van der Waals surface area (Å²) in [6, 6.07) is 6.66. The molecule has 0 bridgehead atoms. The summed E-state index contributed by atoms with van der Waals surface area (Å²) < 4.78 is 20.1. The van der Waals surface area contributed by atoms with Gasteiger partial charge in [-0.2, -0.15) is 0 Å². The number of pyridine rings is 1. The summed E-state index contributed by atoms with van der Waals surface area (Å²) in [6.45, 7) is 3.65. The second kappa shape index (κ2) is 5.18. The van der Waals surface area contributed by atoms with Gasteiger partial charge < -0.3 is 14.8 Å². The zero-order valence-electron chi connectivity index (χ0n) is 12.0. The molecule has 0 spiro atoms. The second-order valence-corrected chi connectivity index (χ2v) is 5.10. The standard InChI is InChI=1S/C15H14FN3O3/c1-8(2)22-15-13-11(20)7-12(21)17-14(13)19(18-15)10-5-3-9(16)4-6-10/h3-8H,1-2H3,(H2,17,20,21). The van der Waals surface area contributed by atoms with Crippen molar-refractivity contribution < 1.29 is 14.2 Å². The Balaban J connectivity index is 2.30. The van der Waals surface area contributed by atoms with Gasteiger partial charge in [0.2, 0.25) is 5.88 Å². The van der Waals surface area contributed by atoms with Crippen molar-refractivity contribution in [1.29, 1.82) is 0 Å². The number of rotatable bonds is 3. The van der Waals surface area contributed by atoms with Crippen molar-refractivity contribution in [2.24, 2.45) is 0 Å². The Kier molecular flexibility index (Phi) is 3.32. The van der Waals surface area contributed by atoms with Crippen molar-refractivity contribution in [3.8, 4) is 17.3 Å². The molecule has 0 saturated carbocycles. The van der Waals surface area contributed by atoms with Crippen molar-refractivity contribution in [3.05, 3.63) is 46.5 Å². The van der Waals surface area contributed by atoms with Crippen LogP contribution < -0.4 is 10.3 Å². The fraction of sp³-hybridized carbons (Fsp3) is 0.200. The van der Waals surface area contributed by atoms with E-state index in [0.717, 1.165) is 6.07 Å². The number of hydrogen-bond acceptors (Lipinski definition) is 4. The highest BCUT2D eigenvalue weighted by atomic mass is 19.1. The van der Waals surface area contributed by atoms with E-state index >= 15 is 0 Å². The smallest absolute Gasteiger partial charge is 0.253 e. The predicted octanol–water partition coefficient (Wildman–Crippen LogP) is 2.35. The highest BCUT2D eigenvalue weighted by Crippen LogP contribution is 2.32. The Bertz CT molecular complexity index is 881. The third-order valence-corrected chi connectivity index (χ3v) is 3.04. The first-order chi connectivity index (χ1) is 10.5. The molecule has 114 valence electrons. The van der Waals surface area contributed by atoms with Crippen molar-refractivity contribution >= 4 is 11.0 Å². The van der Waals surface area contributed by atoms with E-state index in [1.54, 1.807) is 0 Å². The summed E-state index contributed by atoms with van der Waals surface area (Å²) in [5.74, 6) is -0.402. The number of fused-ring (bicyclic) bond motifs is 1. The van der Waals surface area contributed by atoms with E-state index in [1.807, 2.05) is 13.8 Å². The van der Waals surface area contributed by atoms with Gasteiger partial charge in [-0.1, -0.05) is 0 Å². The van der Waals surface area contributed by atoms with Crippen LogP contribution in [0.15, 0.2) is 35.1 Å². The zero-order chi connectivity index (χ0) is 15.9. The van der Waals surface area contributed by atoms with Crippen LogP contribution in [-0.4, -0.2) is 26.0 Å². The maximum atomic E-state index is 13.1. The van der Waals surface area contributed by atoms with E-state index < -0.39 is 5.56 Å². The van der Waals surface area contributed by atoms with Gasteiger partial charge in [0.1, 0.15) is 17.0 Å². The molecule has 0 unspecified atom stereocenters. The van der Waals surface area contributed by atoms with Gasteiger partial charge in [0.25, 0.3) is 5.56 Å². The van der Waals surface area contributed by atoms with E-state index in [1.165, 1.54) is 28.9 Å². The van der Waals surface area contributed by atoms with Crippen LogP contribution in [0.1, 0.15) is 13.8 Å². The van der Waals surface area contributed by atoms with Crippen molar-refractivity contribution in [2.45, 2.75) is 20.0 Å². The van der Waals surface area contributed by atoms with Crippen LogP contribution in [0.25, 0.3) is 16.7 Å². The SMILES string of the molecule is CC(C)Oc1nn(-c2ccc(F)cc2)c2[nH]c(=O)cc(O)c12. The zero-order valence-corrected chi connectivity index (χ0v) is 12.0. The molecule has 0 aliphatic carbocycles. The summed E-state index contributed by atoms with van der Waals surface area (Å²) >= 11 is 0. The van der Waals surface area contributed by atoms with Crippen molar-refractivity contribution in [2.75, 3.05) is 0 Å². The summed E-state index contributed by atoms with van der Waals surface area (Å²) in [5.41, 5.74) is 0.350. The number of aromatic amines is 1. The van der Waals surface area contributed by atoms with Crippen LogP contribution in [0.2, 0.25) is 0 Å². The molecule has 0 aliphatic rings. The van der Waals surface area contributed by atoms with Gasteiger partial charge in [0.05, 0.1) is 11.8 Å². The second-order valence-electron chi connectivity index (χ2n) is 5.10. The number of H-pyrrole nitrogens is 1. The lowest BCUT2D eigenvalue weighted by atomic mass is 10.3. The fourth-order valence-electron chi connectivity index (χ4n) is 2.17. The molecule has 2 heterocycles. The molecule has 0 radical (unpaired) electrons. The maximum Gasteiger partial charge on any atom is 0.253 e. The number of hydrogen-bond donors (Lipinski definition) is 2. The number of benzene rings is 1. The molecule has 3 rings (SSSR count). The van der Waals surface area contributed by atoms with Crippen LogP contribution in [0.5, 0.6) is 11.6 Å². The van der Waals surface area contributed by atoms with E-state index in [9.17, 15) is 14.3 Å². The Hall–Kier alpha value is -2.83. The lowest BCUT2D eigenvalue weighted by Gasteiger charge is -2.06. The maximum absolute atomic E-state index is 13.1. The molecule has 0 fully saturated rings. The average molecular weight is 303 g/mol. The van der Waals surface area contributed by atoms with E-state index in [0.29, 0.717) is 11.1 Å². The van der Waals surface area contributed by atoms with Gasteiger partial charge >= 0.3 is 0 Å². The van der Waals surface area contributed by atoms with E-state index in [2.05, 4.69) is 10.1 Å². The minimum absolute atomic E-state index is 0.161. The summed E-state index contributed by atoms with van der Waals surface area (Å²) in [4.78, 5) is 14.2. The summed E-state index contributed by atoms with van der Waals surface area (Å²) in [6.07, 6.45) is -0.161. The number of nitrogens with zero attached hydrogens (tertiary/aromatic N) is 2. The Morgan fingerprint density at radius 2 is 2.00 bits per heavy atom. The number of aromatic hydroxyl groups is 1. The summed E-state index contributed by atoms with van der Waals surface area (Å²) in [5, 5.41) is 14.6. The Morgan fingerprint density at radius 1 is 1.32 bits per heavy atom. The number of ether oxygens (including phenoxy) is 1. The number of nitrogens with one attached hydrogen (secondary N) is 1. The molecule has 0 atom stereocenters. The van der Waals surface area contributed by atoms with Crippen LogP contribution in [0, 0.1) is 5.82 Å². The molecule has 6 nitrogen and oxygen atoms in total. The van der Waals surface area contributed by atoms with Crippen LogP contribution in [0.3, 0.4) is 0 Å². The Labute approximate surface area is 124 Å². The summed E-state index contributed by atoms with van der Waals surface area (Å²) in [7, 11) is 0. The first-order valence-electron chi connectivity index (χ1n) is 6.73. The number of aromatic nitrogens is 3. The van der Waals surface area contributed by atoms with E-state index in [4.69, 9.17) is 4.74 Å². The molecule has 1 aromatic carbocycles. The van der Waals surface area contributed by atoms with Crippen LogP contribution in [-0.2, 0) is 0 Å². The average Bonchev–Trinajstić information content (AvgIpc) is 2.77. The molecular weight excluding hydrogens is 289 g/mol. The molecule has 22 heavy (non-hydrogen) atoms. The van der Waals surface area contributed by atoms with Gasteiger partial charge in [-0.05, 0) is 38.1 Å². The lowest BCUT2D eigenvalue weighted by molar-refractivity contribution is 0.233. The molecule has 0 aliphatic heterocycles. The monoisotopic (exact) mass is 303 g/mol. The first-order valence-corrected chi connectivity index (χ1v) is 6.73. The quantitative estimate of drug-likeness (QED) is 0.778. The van der Waals surface area contributed by atoms with Gasteiger partial charge in [-0.25, -0.2) is 9.07 Å². The predicted molar refractivity (Wildman–Crippen MR) is 79.1 cm³/mol. The van der Waals surface area contributed by atoms with E-state index in [-0.39, 0.29) is 29.2 Å². The Morgan fingerprint density at radius 3 is 2.64 bits per heavy atom. The van der Waals surface area contributed by atoms with Crippen molar-refractivity contribution in [3.63, 3.8) is 0 Å². The molecule has 3 aromatic rings. The number of halogens is 1. The van der Waals surface area contributed by atoms with Crippen molar-refractivity contribution in [1.82, 2.24) is 14.8 Å². The molecule has 2 aromatic heterocycles. The van der Waals surface area contributed by atoms with Crippen LogP contribution in [0.4, 0.5) is 4.39 Å². The molecule has 2 N–H and O–H groups in total. The van der Waals surface area contributed by atoms with Crippen LogP contribution >= 0.6 is 0 Å². The van der Waals surface area contributed by atoms with Gasteiger partial charge in [0, 0.05) is 6.07 Å². The van der Waals surface area contributed by atoms with Gasteiger partial charge in [0.15, 0.2) is 5.65 Å². The van der Waals surface area contributed by atoms with Gasteiger partial charge in [-0.3, -0.25) is 4.79 Å². The third-order valence-electron chi connectivity index (χ3n) is 3.04.